The Hall–Kier alpha value is -2.99. The van der Waals surface area contributed by atoms with Crippen molar-refractivity contribution in [2.75, 3.05) is 7.11 Å². The lowest BCUT2D eigenvalue weighted by Gasteiger charge is -2.38. The number of carbonyl (C=O) groups excluding carboxylic acids is 1. The van der Waals surface area contributed by atoms with Crippen LogP contribution >= 0.6 is 0 Å². The Labute approximate surface area is 157 Å². The van der Waals surface area contributed by atoms with Gasteiger partial charge in [0, 0.05) is 23.8 Å². The van der Waals surface area contributed by atoms with Crippen LogP contribution in [0.4, 0.5) is 0 Å². The van der Waals surface area contributed by atoms with Gasteiger partial charge in [0.05, 0.1) is 19.3 Å². The van der Waals surface area contributed by atoms with Gasteiger partial charge in [0.15, 0.2) is 0 Å². The minimum atomic E-state index is -0.309. The van der Waals surface area contributed by atoms with Crippen molar-refractivity contribution in [2.45, 2.75) is 25.0 Å². The summed E-state index contributed by atoms with van der Waals surface area (Å²) in [5.41, 5.74) is 1.29. The molecular formula is C21H21N3O3. The Morgan fingerprint density at radius 2 is 2.00 bits per heavy atom. The molecule has 3 aromatic rings. The SMILES string of the molecule is COc1ccc([C@H](NC(=O)c2nccc3ccccc23)C2CC(O)C2)cn1. The molecule has 1 amide bonds. The second-order valence-corrected chi connectivity index (χ2v) is 6.85. The highest BCUT2D eigenvalue weighted by atomic mass is 16.5. The summed E-state index contributed by atoms with van der Waals surface area (Å²) in [7, 11) is 1.57. The molecule has 1 aliphatic rings. The van der Waals surface area contributed by atoms with Crippen LogP contribution < -0.4 is 10.1 Å². The average Bonchev–Trinajstić information content (AvgIpc) is 2.69. The van der Waals surface area contributed by atoms with E-state index in [0.29, 0.717) is 24.4 Å². The monoisotopic (exact) mass is 363 g/mol. The lowest BCUT2D eigenvalue weighted by Crippen LogP contribution is -2.41. The summed E-state index contributed by atoms with van der Waals surface area (Å²) < 4.78 is 5.12. The molecule has 2 aromatic heterocycles. The third kappa shape index (κ3) is 3.48. The summed E-state index contributed by atoms with van der Waals surface area (Å²) in [6.07, 6.45) is 4.36. The predicted molar refractivity (Wildman–Crippen MR) is 101 cm³/mol. The highest BCUT2D eigenvalue weighted by Crippen LogP contribution is 2.38. The molecular weight excluding hydrogens is 342 g/mol. The Bertz CT molecular complexity index is 947. The summed E-state index contributed by atoms with van der Waals surface area (Å²) >= 11 is 0. The fraction of sp³-hybridized carbons (Fsp3) is 0.286. The zero-order valence-electron chi connectivity index (χ0n) is 15.0. The summed E-state index contributed by atoms with van der Waals surface area (Å²) in [6, 6.07) is 13.0. The van der Waals surface area contributed by atoms with Crippen LogP contribution in [0.1, 0.15) is 34.9 Å². The maximum absolute atomic E-state index is 13.0. The molecule has 2 N–H and O–H groups in total. The van der Waals surface area contributed by atoms with Crippen LogP contribution in [-0.4, -0.2) is 34.2 Å². The number of benzene rings is 1. The molecule has 1 aromatic carbocycles. The second-order valence-electron chi connectivity index (χ2n) is 6.85. The van der Waals surface area contributed by atoms with Crippen LogP contribution in [0.3, 0.4) is 0 Å². The van der Waals surface area contributed by atoms with Crippen molar-refractivity contribution in [3.05, 3.63) is 66.1 Å². The Kier molecular flexibility index (Phi) is 4.73. The van der Waals surface area contributed by atoms with Crippen molar-refractivity contribution in [3.63, 3.8) is 0 Å². The van der Waals surface area contributed by atoms with Gasteiger partial charge in [0.25, 0.3) is 5.91 Å². The zero-order valence-corrected chi connectivity index (χ0v) is 15.0. The van der Waals surface area contributed by atoms with Crippen molar-refractivity contribution < 1.29 is 14.6 Å². The maximum Gasteiger partial charge on any atom is 0.271 e. The molecule has 1 atom stereocenters. The van der Waals surface area contributed by atoms with Gasteiger partial charge in [-0.3, -0.25) is 9.78 Å². The predicted octanol–water partition coefficient (Wildman–Crippen LogP) is 2.88. The number of hydrogen-bond donors (Lipinski definition) is 2. The van der Waals surface area contributed by atoms with E-state index in [1.165, 1.54) is 0 Å². The molecule has 1 aliphatic carbocycles. The number of ether oxygens (including phenoxy) is 1. The Balaban J connectivity index is 1.63. The van der Waals surface area contributed by atoms with Crippen LogP contribution in [0, 0.1) is 5.92 Å². The fourth-order valence-electron chi connectivity index (χ4n) is 3.58. The van der Waals surface area contributed by atoms with Crippen LogP contribution in [0.25, 0.3) is 10.8 Å². The van der Waals surface area contributed by atoms with Gasteiger partial charge >= 0.3 is 0 Å². The lowest BCUT2D eigenvalue weighted by atomic mass is 9.75. The third-order valence-electron chi connectivity index (χ3n) is 5.12. The largest absolute Gasteiger partial charge is 0.481 e. The normalized spacial score (nSPS) is 19.9. The highest BCUT2D eigenvalue weighted by Gasteiger charge is 2.36. The van der Waals surface area contributed by atoms with E-state index in [1.807, 2.05) is 36.4 Å². The minimum absolute atomic E-state index is 0.161. The van der Waals surface area contributed by atoms with E-state index in [9.17, 15) is 9.90 Å². The van der Waals surface area contributed by atoms with Gasteiger partial charge < -0.3 is 15.2 Å². The van der Waals surface area contributed by atoms with E-state index < -0.39 is 0 Å². The molecule has 1 fully saturated rings. The van der Waals surface area contributed by atoms with Gasteiger partial charge in [-0.2, -0.15) is 0 Å². The van der Waals surface area contributed by atoms with Crippen molar-refractivity contribution in [1.82, 2.24) is 15.3 Å². The molecule has 0 saturated heterocycles. The van der Waals surface area contributed by atoms with Crippen molar-refractivity contribution >= 4 is 16.7 Å². The Morgan fingerprint density at radius 1 is 1.19 bits per heavy atom. The lowest BCUT2D eigenvalue weighted by molar-refractivity contribution is 0.0234. The van der Waals surface area contributed by atoms with E-state index >= 15 is 0 Å². The van der Waals surface area contributed by atoms with Gasteiger partial charge in [-0.1, -0.05) is 30.3 Å². The van der Waals surface area contributed by atoms with E-state index in [4.69, 9.17) is 4.74 Å². The number of hydrogen-bond acceptors (Lipinski definition) is 5. The average molecular weight is 363 g/mol. The first-order valence-corrected chi connectivity index (χ1v) is 8.98. The molecule has 6 heteroatoms. The van der Waals surface area contributed by atoms with Gasteiger partial charge in [-0.05, 0) is 35.8 Å². The first-order chi connectivity index (χ1) is 13.2. The minimum Gasteiger partial charge on any atom is -0.481 e. The number of pyridine rings is 2. The molecule has 6 nitrogen and oxygen atoms in total. The summed E-state index contributed by atoms with van der Waals surface area (Å²) in [5, 5.41) is 14.6. The van der Waals surface area contributed by atoms with Gasteiger partial charge in [-0.25, -0.2) is 4.98 Å². The number of aromatic nitrogens is 2. The molecule has 0 aliphatic heterocycles. The molecule has 2 heterocycles. The Morgan fingerprint density at radius 3 is 2.70 bits per heavy atom. The van der Waals surface area contributed by atoms with Crippen molar-refractivity contribution in [3.8, 4) is 5.88 Å². The number of carbonyl (C=O) groups is 1. The summed E-state index contributed by atoms with van der Waals surface area (Å²) in [5.74, 6) is 0.455. The van der Waals surface area contributed by atoms with E-state index in [1.54, 1.807) is 25.6 Å². The summed E-state index contributed by atoms with van der Waals surface area (Å²) in [4.78, 5) is 21.6. The van der Waals surface area contributed by atoms with Crippen LogP contribution in [-0.2, 0) is 0 Å². The summed E-state index contributed by atoms with van der Waals surface area (Å²) in [6.45, 7) is 0. The molecule has 0 spiro atoms. The second kappa shape index (κ2) is 7.32. The number of nitrogens with one attached hydrogen (secondary N) is 1. The van der Waals surface area contributed by atoms with E-state index in [0.717, 1.165) is 16.3 Å². The van der Waals surface area contributed by atoms with Crippen molar-refractivity contribution in [1.29, 1.82) is 0 Å². The van der Waals surface area contributed by atoms with Crippen LogP contribution in [0.15, 0.2) is 54.9 Å². The van der Waals surface area contributed by atoms with Crippen LogP contribution in [0.5, 0.6) is 5.88 Å². The zero-order chi connectivity index (χ0) is 18.8. The standard InChI is InChI=1S/C21H21N3O3/c1-27-18-7-6-14(12-23-18)19(15-10-16(25)11-15)24-21(26)20-17-5-3-2-4-13(17)8-9-22-20/h2-9,12,15-16,19,25H,10-11H2,1H3,(H,24,26)/t15?,16?,19-/m0/s1. The van der Waals surface area contributed by atoms with Gasteiger partial charge in [-0.15, -0.1) is 0 Å². The van der Waals surface area contributed by atoms with Crippen LogP contribution in [0.2, 0.25) is 0 Å². The van der Waals surface area contributed by atoms with Gasteiger partial charge in [0.2, 0.25) is 5.88 Å². The first kappa shape index (κ1) is 17.4. The number of fused-ring (bicyclic) bond motifs is 1. The highest BCUT2D eigenvalue weighted by molar-refractivity contribution is 6.05. The van der Waals surface area contributed by atoms with E-state index in [-0.39, 0.29) is 24.0 Å². The maximum atomic E-state index is 13.0. The molecule has 0 bridgehead atoms. The topological polar surface area (TPSA) is 84.3 Å². The molecule has 27 heavy (non-hydrogen) atoms. The smallest absolute Gasteiger partial charge is 0.271 e. The van der Waals surface area contributed by atoms with Crippen molar-refractivity contribution in [2.24, 2.45) is 5.92 Å². The molecule has 138 valence electrons. The quantitative estimate of drug-likeness (QED) is 0.728. The molecule has 1 saturated carbocycles. The fourth-order valence-corrected chi connectivity index (χ4v) is 3.58. The number of methoxy groups -OCH3 is 1. The third-order valence-corrected chi connectivity index (χ3v) is 5.12. The number of amides is 1. The number of rotatable bonds is 5. The number of nitrogens with zero attached hydrogens (tertiary/aromatic N) is 2. The number of aliphatic hydroxyl groups excluding tert-OH is 1. The van der Waals surface area contributed by atoms with E-state index in [2.05, 4.69) is 15.3 Å². The number of aliphatic hydroxyl groups is 1. The molecule has 0 radical (unpaired) electrons. The molecule has 4 rings (SSSR count). The van der Waals surface area contributed by atoms with Gasteiger partial charge in [0.1, 0.15) is 5.69 Å². The first-order valence-electron chi connectivity index (χ1n) is 8.98. The molecule has 0 unspecified atom stereocenters.